The molecule has 1 aliphatic rings. The van der Waals surface area contributed by atoms with Crippen molar-refractivity contribution < 1.29 is 17.9 Å². The third kappa shape index (κ3) is 4.72. The number of anilines is 1. The van der Waals surface area contributed by atoms with Gasteiger partial charge in [-0.2, -0.15) is 0 Å². The van der Waals surface area contributed by atoms with E-state index in [0.717, 1.165) is 12.1 Å². The number of dihydropyridines is 1. The van der Waals surface area contributed by atoms with Gasteiger partial charge in [0.1, 0.15) is 5.75 Å². The van der Waals surface area contributed by atoms with Crippen LogP contribution in [0.2, 0.25) is 0 Å². The number of benzene rings is 1. The van der Waals surface area contributed by atoms with Crippen LogP contribution in [0.5, 0.6) is 5.75 Å². The van der Waals surface area contributed by atoms with Gasteiger partial charge in [0.15, 0.2) is 0 Å². The SMILES string of the molecule is CC(C)N(CC1=CCC=CN1)c1cccc(OC(F)(F)F)c1. The van der Waals surface area contributed by atoms with Gasteiger partial charge >= 0.3 is 6.36 Å². The molecule has 1 heterocycles. The number of halogens is 3. The highest BCUT2D eigenvalue weighted by molar-refractivity contribution is 5.52. The zero-order valence-corrected chi connectivity index (χ0v) is 12.5. The number of nitrogens with one attached hydrogen (secondary N) is 1. The summed E-state index contributed by atoms with van der Waals surface area (Å²) in [5.74, 6) is -0.207. The van der Waals surface area contributed by atoms with Gasteiger partial charge < -0.3 is 15.0 Å². The molecule has 0 spiro atoms. The predicted molar refractivity (Wildman–Crippen MR) is 80.6 cm³/mol. The average molecular weight is 312 g/mol. The fourth-order valence-electron chi connectivity index (χ4n) is 2.23. The number of hydrogen-bond donors (Lipinski definition) is 1. The zero-order chi connectivity index (χ0) is 16.2. The number of hydrogen-bond acceptors (Lipinski definition) is 3. The Bertz CT molecular complexity index is 565. The smallest absolute Gasteiger partial charge is 0.406 e. The van der Waals surface area contributed by atoms with Crippen molar-refractivity contribution in [1.29, 1.82) is 0 Å². The number of rotatable bonds is 5. The largest absolute Gasteiger partial charge is 0.573 e. The Labute approximate surface area is 128 Å². The van der Waals surface area contributed by atoms with E-state index in [9.17, 15) is 13.2 Å². The van der Waals surface area contributed by atoms with Crippen LogP contribution >= 0.6 is 0 Å². The fraction of sp³-hybridized carbons (Fsp3) is 0.375. The lowest BCUT2D eigenvalue weighted by molar-refractivity contribution is -0.274. The molecule has 22 heavy (non-hydrogen) atoms. The van der Waals surface area contributed by atoms with Crippen LogP contribution in [-0.2, 0) is 0 Å². The summed E-state index contributed by atoms with van der Waals surface area (Å²) in [5, 5.41) is 3.15. The summed E-state index contributed by atoms with van der Waals surface area (Å²) in [4.78, 5) is 2.02. The van der Waals surface area contributed by atoms with Crippen molar-refractivity contribution in [3.8, 4) is 5.75 Å². The molecule has 0 saturated carbocycles. The molecule has 1 aromatic rings. The highest BCUT2D eigenvalue weighted by Gasteiger charge is 2.31. The molecule has 6 heteroatoms. The topological polar surface area (TPSA) is 24.5 Å². The van der Waals surface area contributed by atoms with Crippen LogP contribution in [0.4, 0.5) is 18.9 Å². The van der Waals surface area contributed by atoms with Crippen molar-refractivity contribution in [2.45, 2.75) is 32.7 Å². The summed E-state index contributed by atoms with van der Waals surface area (Å²) in [6, 6.07) is 6.19. The monoisotopic (exact) mass is 312 g/mol. The first-order valence-electron chi connectivity index (χ1n) is 7.08. The molecule has 0 saturated heterocycles. The highest BCUT2D eigenvalue weighted by Crippen LogP contribution is 2.28. The molecule has 0 amide bonds. The number of ether oxygens (including phenoxy) is 1. The van der Waals surface area contributed by atoms with Gasteiger partial charge in [-0.15, -0.1) is 13.2 Å². The Balaban J connectivity index is 2.17. The van der Waals surface area contributed by atoms with Crippen LogP contribution in [-0.4, -0.2) is 18.9 Å². The van der Waals surface area contributed by atoms with Crippen molar-refractivity contribution in [2.24, 2.45) is 0 Å². The molecule has 3 nitrogen and oxygen atoms in total. The first-order chi connectivity index (χ1) is 10.3. The quantitative estimate of drug-likeness (QED) is 0.882. The third-order valence-corrected chi connectivity index (χ3v) is 3.23. The van der Waals surface area contributed by atoms with Gasteiger partial charge in [0.25, 0.3) is 0 Å². The van der Waals surface area contributed by atoms with E-state index in [1.54, 1.807) is 12.1 Å². The van der Waals surface area contributed by atoms with Crippen LogP contribution in [0.1, 0.15) is 20.3 Å². The van der Waals surface area contributed by atoms with E-state index in [2.05, 4.69) is 16.1 Å². The van der Waals surface area contributed by atoms with Gasteiger partial charge in [0, 0.05) is 23.5 Å². The lowest BCUT2D eigenvalue weighted by Gasteiger charge is -2.31. The Kier molecular flexibility index (Phi) is 5.00. The van der Waals surface area contributed by atoms with Gasteiger partial charge in [-0.3, -0.25) is 0 Å². The van der Waals surface area contributed by atoms with Crippen LogP contribution in [0.25, 0.3) is 0 Å². The fourth-order valence-corrected chi connectivity index (χ4v) is 2.23. The molecule has 0 bridgehead atoms. The van der Waals surface area contributed by atoms with Crippen molar-refractivity contribution in [2.75, 3.05) is 11.4 Å². The van der Waals surface area contributed by atoms with Crippen LogP contribution in [0.3, 0.4) is 0 Å². The van der Waals surface area contributed by atoms with E-state index < -0.39 is 6.36 Å². The summed E-state index contributed by atoms with van der Waals surface area (Å²) in [7, 11) is 0. The van der Waals surface area contributed by atoms with E-state index in [4.69, 9.17) is 0 Å². The minimum absolute atomic E-state index is 0.134. The second-order valence-electron chi connectivity index (χ2n) is 5.28. The minimum Gasteiger partial charge on any atom is -0.406 e. The first kappa shape index (κ1) is 16.3. The number of allylic oxidation sites excluding steroid dienone is 2. The van der Waals surface area contributed by atoms with E-state index in [-0.39, 0.29) is 11.8 Å². The molecule has 0 aromatic heterocycles. The molecule has 0 fully saturated rings. The zero-order valence-electron chi connectivity index (χ0n) is 12.5. The van der Waals surface area contributed by atoms with Gasteiger partial charge in [-0.1, -0.05) is 18.2 Å². The summed E-state index contributed by atoms with van der Waals surface area (Å²) in [5.41, 5.74) is 1.72. The lowest BCUT2D eigenvalue weighted by Crippen LogP contribution is -2.35. The molecular weight excluding hydrogens is 293 g/mol. The van der Waals surface area contributed by atoms with Crippen LogP contribution < -0.4 is 15.0 Å². The minimum atomic E-state index is -4.68. The normalized spacial score (nSPS) is 14.5. The van der Waals surface area contributed by atoms with Gasteiger partial charge in [0.2, 0.25) is 0 Å². The molecule has 1 aliphatic heterocycles. The predicted octanol–water partition coefficient (Wildman–Crippen LogP) is 4.19. The van der Waals surface area contributed by atoms with Gasteiger partial charge in [-0.25, -0.2) is 0 Å². The molecule has 1 aromatic carbocycles. The third-order valence-electron chi connectivity index (χ3n) is 3.23. The maximum absolute atomic E-state index is 12.3. The standard InChI is InChI=1S/C16H19F3N2O/c1-12(2)21(11-13-6-3-4-9-20-13)14-7-5-8-15(10-14)22-16(17,18)19/h4-10,12,20H,3,11H2,1-2H3. The Morgan fingerprint density at radius 3 is 2.68 bits per heavy atom. The maximum atomic E-state index is 12.3. The van der Waals surface area contributed by atoms with Crippen LogP contribution in [0.15, 0.2) is 48.3 Å². The molecule has 0 unspecified atom stereocenters. The van der Waals surface area contributed by atoms with E-state index in [1.807, 2.05) is 31.0 Å². The van der Waals surface area contributed by atoms with E-state index in [1.165, 1.54) is 12.1 Å². The molecule has 120 valence electrons. The Morgan fingerprint density at radius 1 is 1.32 bits per heavy atom. The van der Waals surface area contributed by atoms with Crippen molar-refractivity contribution in [3.05, 3.63) is 48.3 Å². The number of alkyl halides is 3. The van der Waals surface area contributed by atoms with Crippen LogP contribution in [0, 0.1) is 0 Å². The maximum Gasteiger partial charge on any atom is 0.573 e. The van der Waals surface area contributed by atoms with E-state index in [0.29, 0.717) is 12.2 Å². The lowest BCUT2D eigenvalue weighted by atomic mass is 10.2. The van der Waals surface area contributed by atoms with Gasteiger partial charge in [-0.05, 0) is 38.6 Å². The molecular formula is C16H19F3N2O. The highest BCUT2D eigenvalue weighted by atomic mass is 19.4. The first-order valence-corrected chi connectivity index (χ1v) is 7.08. The molecule has 0 radical (unpaired) electrons. The average Bonchev–Trinajstić information content (AvgIpc) is 2.44. The molecule has 0 atom stereocenters. The summed E-state index contributed by atoms with van der Waals surface area (Å²) in [6.45, 7) is 4.59. The Hall–Kier alpha value is -2.11. The second-order valence-corrected chi connectivity index (χ2v) is 5.28. The van der Waals surface area contributed by atoms with Crippen molar-refractivity contribution >= 4 is 5.69 Å². The summed E-state index contributed by atoms with van der Waals surface area (Å²) in [6.07, 6.45) is 2.11. The summed E-state index contributed by atoms with van der Waals surface area (Å²) >= 11 is 0. The van der Waals surface area contributed by atoms with Gasteiger partial charge in [0.05, 0.1) is 6.54 Å². The van der Waals surface area contributed by atoms with E-state index >= 15 is 0 Å². The molecule has 1 N–H and O–H groups in total. The second kappa shape index (κ2) is 6.77. The van der Waals surface area contributed by atoms with Crippen molar-refractivity contribution in [1.82, 2.24) is 5.32 Å². The Morgan fingerprint density at radius 2 is 2.09 bits per heavy atom. The molecule has 0 aliphatic carbocycles. The number of nitrogens with zero attached hydrogens (tertiary/aromatic N) is 1. The molecule has 2 rings (SSSR count). The van der Waals surface area contributed by atoms with Crippen molar-refractivity contribution in [3.63, 3.8) is 0 Å². The summed E-state index contributed by atoms with van der Waals surface area (Å²) < 4.78 is 41.0.